The van der Waals surface area contributed by atoms with Gasteiger partial charge in [-0.15, -0.1) is 0 Å². The number of benzene rings is 1. The van der Waals surface area contributed by atoms with E-state index in [0.717, 1.165) is 62.7 Å². The van der Waals surface area contributed by atoms with Crippen LogP contribution in [0.4, 0.5) is 26.3 Å². The molecule has 0 bridgehead atoms. The summed E-state index contributed by atoms with van der Waals surface area (Å²) in [6.45, 7) is -2.97. The first-order valence-corrected chi connectivity index (χ1v) is 12.4. The van der Waals surface area contributed by atoms with Gasteiger partial charge in [-0.05, 0) is 54.4 Å². The Morgan fingerprint density at radius 3 is 1.38 bits per heavy atom. The van der Waals surface area contributed by atoms with Gasteiger partial charge in [-0.1, -0.05) is 46.4 Å². The van der Waals surface area contributed by atoms with E-state index >= 15 is 0 Å². The molecule has 0 N–H and O–H groups in total. The molecule has 2 nitrogen and oxygen atoms in total. The van der Waals surface area contributed by atoms with Crippen LogP contribution in [0.1, 0.15) is 64.2 Å². The molecule has 1 aromatic carbocycles. The van der Waals surface area contributed by atoms with E-state index in [9.17, 15) is 26.3 Å². The van der Waals surface area contributed by atoms with E-state index in [0.29, 0.717) is 11.3 Å². The minimum Gasteiger partial charge on any atom is -0.484 e. The van der Waals surface area contributed by atoms with Crippen LogP contribution >= 0.6 is 7.92 Å². The van der Waals surface area contributed by atoms with Crippen LogP contribution in [-0.4, -0.2) is 36.9 Å². The molecule has 2 saturated carbocycles. The van der Waals surface area contributed by atoms with Gasteiger partial charge in [-0.3, -0.25) is 0 Å². The first-order chi connectivity index (χ1) is 14.6. The summed E-state index contributed by atoms with van der Waals surface area (Å²) in [5, 5.41) is 0.811. The Kier molecular flexibility index (Phi) is 10.6. The fourth-order valence-electron chi connectivity index (χ4n) is 4.64. The molecule has 2 aliphatic rings. The van der Waals surface area contributed by atoms with Crippen LogP contribution in [0.2, 0.25) is 0 Å². The second-order valence-corrected chi connectivity index (χ2v) is 11.3. The predicted molar refractivity (Wildman–Crippen MR) is 110 cm³/mol. The Morgan fingerprint density at radius 2 is 1.03 bits per heavy atom. The quantitative estimate of drug-likeness (QED) is 0.192. The number of hydrogen-bond donors (Lipinski definition) is 0. The summed E-state index contributed by atoms with van der Waals surface area (Å²) in [6.07, 6.45) is 2.05. The smallest absolute Gasteiger partial charge is 0.422 e. The molecule has 3 rings (SSSR count). The van der Waals surface area contributed by atoms with Crippen molar-refractivity contribution in [1.29, 1.82) is 0 Å². The van der Waals surface area contributed by atoms with E-state index in [2.05, 4.69) is 0 Å². The van der Waals surface area contributed by atoms with Gasteiger partial charge in [0.1, 0.15) is 11.5 Å². The van der Waals surface area contributed by atoms with Crippen LogP contribution in [0.5, 0.6) is 11.5 Å². The zero-order valence-electron chi connectivity index (χ0n) is 17.7. The maximum absolute atomic E-state index is 12.7. The van der Waals surface area contributed by atoms with Crippen molar-refractivity contribution in [2.24, 2.45) is 0 Å². The Hall–Kier alpha value is -0.508. The van der Waals surface area contributed by atoms with Gasteiger partial charge in [-0.2, -0.15) is 26.3 Å². The molecule has 186 valence electrons. The third-order valence-corrected chi connectivity index (χ3v) is 9.36. The molecule has 0 aliphatic heterocycles. The first kappa shape index (κ1) is 27.7. The van der Waals surface area contributed by atoms with Crippen molar-refractivity contribution >= 4 is 13.2 Å². The van der Waals surface area contributed by atoms with E-state index in [-0.39, 0.29) is 31.9 Å². The number of ether oxygens (including phenoxy) is 2. The van der Waals surface area contributed by atoms with Crippen molar-refractivity contribution in [1.82, 2.24) is 0 Å². The summed E-state index contributed by atoms with van der Waals surface area (Å²) >= 11 is 0. The van der Waals surface area contributed by atoms with E-state index in [4.69, 9.17) is 9.47 Å². The summed E-state index contributed by atoms with van der Waals surface area (Å²) in [5.41, 5.74) is 0.889. The molecule has 0 spiro atoms. The summed E-state index contributed by atoms with van der Waals surface area (Å²) in [5.74, 6) is -0.155. The van der Waals surface area contributed by atoms with E-state index < -0.39 is 33.5 Å². The molecule has 0 unspecified atom stereocenters. The van der Waals surface area contributed by atoms with Crippen molar-refractivity contribution < 1.29 is 56.2 Å². The second-order valence-electron chi connectivity index (χ2n) is 8.46. The topological polar surface area (TPSA) is 18.5 Å². The molecule has 0 amide bonds. The minimum atomic E-state index is -4.53. The predicted octanol–water partition coefficient (Wildman–Crippen LogP) is 7.34. The van der Waals surface area contributed by atoms with Gasteiger partial charge in [-0.25, -0.2) is 0 Å². The van der Waals surface area contributed by atoms with Crippen LogP contribution in [-0.2, 0) is 20.4 Å². The maximum atomic E-state index is 12.7. The average Bonchev–Trinajstić information content (AvgIpc) is 2.72. The zero-order valence-corrected chi connectivity index (χ0v) is 20.2. The van der Waals surface area contributed by atoms with Crippen LogP contribution < -0.4 is 14.8 Å². The molecule has 0 saturated heterocycles. The third kappa shape index (κ3) is 9.03. The van der Waals surface area contributed by atoms with E-state index in [1.807, 2.05) is 0 Å². The molecule has 2 aliphatic carbocycles. The molecule has 10 heteroatoms. The van der Waals surface area contributed by atoms with Crippen LogP contribution in [0.25, 0.3) is 0 Å². The molecule has 1 aromatic rings. The van der Waals surface area contributed by atoms with Gasteiger partial charge in [0.2, 0.25) is 0 Å². The fraction of sp³-hybridized carbons (Fsp3) is 0.727. The Bertz CT molecular complexity index is 646. The third-order valence-electron chi connectivity index (χ3n) is 5.90. The molecule has 0 radical (unpaired) electrons. The van der Waals surface area contributed by atoms with E-state index in [1.54, 1.807) is 12.1 Å². The largest absolute Gasteiger partial charge is 0.484 e. The Morgan fingerprint density at radius 1 is 0.656 bits per heavy atom. The van der Waals surface area contributed by atoms with Gasteiger partial charge < -0.3 is 9.47 Å². The Labute approximate surface area is 200 Å². The molecule has 0 heterocycles. The average molecular weight is 577 g/mol. The van der Waals surface area contributed by atoms with Crippen molar-refractivity contribution in [2.75, 3.05) is 13.2 Å². The molecule has 2 fully saturated rings. The molecule has 0 aromatic heterocycles. The summed E-state index contributed by atoms with van der Waals surface area (Å²) in [4.78, 5) is 0. The number of rotatable bonds is 7. The second kappa shape index (κ2) is 12.3. The summed E-state index contributed by atoms with van der Waals surface area (Å²) in [7, 11) is -0.725. The van der Waals surface area contributed by atoms with Crippen molar-refractivity contribution in [2.45, 2.75) is 87.9 Å². The van der Waals surface area contributed by atoms with E-state index in [1.165, 1.54) is 12.8 Å². The van der Waals surface area contributed by atoms with Gasteiger partial charge in [0.15, 0.2) is 13.2 Å². The standard InChI is InChI=1S/C22H29F6O2P.Pd/c23-21(24,25)14-29-16-11-17(30-15-22(26,27)28)13-20(12-16)31(18-7-3-1-4-8-18)19-9-5-2-6-10-19;/h11-13,18-19H,1-10,14-15H2;. The molecular weight excluding hydrogens is 548 g/mol. The van der Waals surface area contributed by atoms with Crippen molar-refractivity contribution in [3.05, 3.63) is 18.2 Å². The number of halogens is 6. The maximum Gasteiger partial charge on any atom is 0.422 e. The molecule has 32 heavy (non-hydrogen) atoms. The van der Waals surface area contributed by atoms with Crippen LogP contribution in [0.15, 0.2) is 18.2 Å². The van der Waals surface area contributed by atoms with Gasteiger partial charge in [0.05, 0.1) is 0 Å². The number of alkyl halides is 6. The van der Waals surface area contributed by atoms with Gasteiger partial charge >= 0.3 is 12.4 Å². The van der Waals surface area contributed by atoms with Gasteiger partial charge in [0, 0.05) is 26.5 Å². The monoisotopic (exact) mass is 576 g/mol. The van der Waals surface area contributed by atoms with Crippen LogP contribution in [0, 0.1) is 0 Å². The fourth-order valence-corrected chi connectivity index (χ4v) is 8.48. The first-order valence-electron chi connectivity index (χ1n) is 10.9. The minimum absolute atomic E-state index is 0. The molecular formula is C22H29F6O2PPd. The van der Waals surface area contributed by atoms with Crippen molar-refractivity contribution in [3.8, 4) is 11.5 Å². The molecule has 0 atom stereocenters. The Balaban J connectivity index is 0.00000363. The SMILES string of the molecule is FC(F)(F)COc1cc(OCC(F)(F)F)cc(P(C2CCCCC2)C2CCCCC2)c1.[Pd]. The number of hydrogen-bond acceptors (Lipinski definition) is 2. The van der Waals surface area contributed by atoms with Gasteiger partial charge in [0.25, 0.3) is 0 Å². The summed E-state index contributed by atoms with van der Waals surface area (Å²) < 4.78 is 86.0. The van der Waals surface area contributed by atoms with Crippen LogP contribution in [0.3, 0.4) is 0 Å². The normalized spacial score (nSPS) is 19.0. The summed E-state index contributed by atoms with van der Waals surface area (Å²) in [6, 6.07) is 4.36. The van der Waals surface area contributed by atoms with Crippen molar-refractivity contribution in [3.63, 3.8) is 0 Å². The zero-order chi connectivity index (χ0) is 22.5.